The highest BCUT2D eigenvalue weighted by Crippen LogP contribution is 2.25. The Bertz CT molecular complexity index is 1580. The maximum Gasteiger partial charge on any atom is 0.354 e. The number of halogens is 2. The molecule has 2 fully saturated rings. The van der Waals surface area contributed by atoms with E-state index in [1.165, 1.54) is 12.1 Å². The lowest BCUT2D eigenvalue weighted by Gasteiger charge is -2.32. The van der Waals surface area contributed by atoms with Gasteiger partial charge in [-0.25, -0.2) is 24.1 Å². The standard InChI is InChI=1S/C30H31ClFN5O4/c1-18-2-7-28(34-26(18)14-19-3-4-20(31)15-23(19)32)41-21-8-11-36(12-9-21)17-27-33-24-5-6-25(30(38)39)35-29(24)37(27)16-22-10-13-40-22/h2-7,15,21-22H,8-14,16-17H2,1H3,(H,38,39). The van der Waals surface area contributed by atoms with E-state index < -0.39 is 5.97 Å². The van der Waals surface area contributed by atoms with Crippen molar-refractivity contribution in [2.45, 2.75) is 57.9 Å². The van der Waals surface area contributed by atoms with Gasteiger partial charge in [0.1, 0.15) is 23.3 Å². The van der Waals surface area contributed by atoms with Crippen LogP contribution in [0.15, 0.2) is 42.5 Å². The fourth-order valence-electron chi connectivity index (χ4n) is 5.31. The number of aryl methyl sites for hydroxylation is 1. The molecule has 2 aliphatic rings. The number of hydrogen-bond acceptors (Lipinski definition) is 7. The molecule has 0 aliphatic carbocycles. The van der Waals surface area contributed by atoms with Gasteiger partial charge in [0.25, 0.3) is 0 Å². The highest BCUT2D eigenvalue weighted by atomic mass is 35.5. The first-order chi connectivity index (χ1) is 19.8. The third-order valence-corrected chi connectivity index (χ3v) is 8.04. The molecule has 1 aromatic carbocycles. The predicted molar refractivity (Wildman–Crippen MR) is 151 cm³/mol. The molecule has 3 aromatic heterocycles. The van der Waals surface area contributed by atoms with Gasteiger partial charge in [0.2, 0.25) is 5.88 Å². The van der Waals surface area contributed by atoms with Crippen LogP contribution in [0.25, 0.3) is 11.2 Å². The summed E-state index contributed by atoms with van der Waals surface area (Å²) < 4.78 is 28.3. The van der Waals surface area contributed by atoms with Crippen molar-refractivity contribution in [3.63, 3.8) is 0 Å². The van der Waals surface area contributed by atoms with E-state index in [9.17, 15) is 14.3 Å². The molecule has 6 rings (SSSR count). The first-order valence-electron chi connectivity index (χ1n) is 13.8. The minimum Gasteiger partial charge on any atom is -0.477 e. The zero-order valence-corrected chi connectivity index (χ0v) is 23.5. The van der Waals surface area contributed by atoms with Gasteiger partial charge in [-0.05, 0) is 61.6 Å². The molecule has 4 aromatic rings. The summed E-state index contributed by atoms with van der Waals surface area (Å²) in [6, 6.07) is 11.7. The van der Waals surface area contributed by atoms with E-state index in [1.54, 1.807) is 18.2 Å². The topological polar surface area (TPSA) is 103 Å². The lowest BCUT2D eigenvalue weighted by molar-refractivity contribution is -0.0593. The number of piperidine rings is 1. The minimum atomic E-state index is -1.06. The molecule has 0 saturated carbocycles. The fourth-order valence-corrected chi connectivity index (χ4v) is 5.47. The third-order valence-electron chi connectivity index (χ3n) is 7.81. The average molecular weight is 580 g/mol. The van der Waals surface area contributed by atoms with Gasteiger partial charge < -0.3 is 19.1 Å². The van der Waals surface area contributed by atoms with Crippen molar-refractivity contribution in [3.05, 3.63) is 81.6 Å². The van der Waals surface area contributed by atoms with Crippen LogP contribution < -0.4 is 4.74 Å². The first-order valence-corrected chi connectivity index (χ1v) is 14.2. The van der Waals surface area contributed by atoms with Gasteiger partial charge in [-0.2, -0.15) is 0 Å². The first kappa shape index (κ1) is 27.6. The van der Waals surface area contributed by atoms with E-state index in [1.807, 2.05) is 23.6 Å². The molecule has 11 heteroatoms. The molecule has 2 aliphatic heterocycles. The Kier molecular flexibility index (Phi) is 7.88. The summed E-state index contributed by atoms with van der Waals surface area (Å²) in [5.74, 6) is -0.00931. The van der Waals surface area contributed by atoms with Crippen molar-refractivity contribution < 1.29 is 23.8 Å². The molecule has 1 N–H and O–H groups in total. The van der Waals surface area contributed by atoms with Gasteiger partial charge in [-0.1, -0.05) is 23.7 Å². The number of carbonyl (C=O) groups is 1. The van der Waals surface area contributed by atoms with Gasteiger partial charge in [-0.3, -0.25) is 4.90 Å². The molecule has 0 radical (unpaired) electrons. The molecule has 41 heavy (non-hydrogen) atoms. The van der Waals surface area contributed by atoms with Gasteiger partial charge in [0.05, 0.1) is 24.9 Å². The quantitative estimate of drug-likeness (QED) is 0.294. The SMILES string of the molecule is Cc1ccc(OC2CCN(Cc3nc4ccc(C(=O)O)nc4n3CC3CCO3)CC2)nc1Cc1ccc(Cl)cc1F. The van der Waals surface area contributed by atoms with E-state index in [0.717, 1.165) is 56.0 Å². The highest BCUT2D eigenvalue weighted by Gasteiger charge is 2.26. The van der Waals surface area contributed by atoms with Crippen LogP contribution >= 0.6 is 11.6 Å². The molecular formula is C30H31ClFN5O4. The second kappa shape index (κ2) is 11.7. The minimum absolute atomic E-state index is 0.00358. The summed E-state index contributed by atoms with van der Waals surface area (Å²) in [5, 5.41) is 9.80. The normalized spacial score (nSPS) is 18.0. The smallest absolute Gasteiger partial charge is 0.354 e. The molecule has 0 amide bonds. The summed E-state index contributed by atoms with van der Waals surface area (Å²) in [6.07, 6.45) is 3.07. The Morgan fingerprint density at radius 3 is 2.63 bits per heavy atom. The second-order valence-corrected chi connectivity index (χ2v) is 11.1. The molecule has 5 heterocycles. The fraction of sp³-hybridized carbons (Fsp3) is 0.400. The van der Waals surface area contributed by atoms with Crippen LogP contribution in [0.1, 0.15) is 52.4 Å². The number of pyridine rings is 2. The number of imidazole rings is 1. The van der Waals surface area contributed by atoms with Crippen molar-refractivity contribution >= 4 is 28.7 Å². The predicted octanol–water partition coefficient (Wildman–Crippen LogP) is 5.05. The average Bonchev–Trinajstić information content (AvgIpc) is 3.26. The Morgan fingerprint density at radius 1 is 1.12 bits per heavy atom. The van der Waals surface area contributed by atoms with Crippen LogP contribution in [0.4, 0.5) is 4.39 Å². The summed E-state index contributed by atoms with van der Waals surface area (Å²) >= 11 is 5.90. The number of rotatable bonds is 9. The van der Waals surface area contributed by atoms with Crippen molar-refractivity contribution in [3.8, 4) is 5.88 Å². The van der Waals surface area contributed by atoms with Crippen LogP contribution in [-0.4, -0.2) is 67.4 Å². The molecule has 9 nitrogen and oxygen atoms in total. The number of fused-ring (bicyclic) bond motifs is 1. The number of hydrogen-bond donors (Lipinski definition) is 1. The highest BCUT2D eigenvalue weighted by molar-refractivity contribution is 6.30. The van der Waals surface area contributed by atoms with Crippen LogP contribution in [0.5, 0.6) is 5.88 Å². The maximum atomic E-state index is 14.4. The van der Waals surface area contributed by atoms with E-state index in [0.29, 0.717) is 47.1 Å². The third kappa shape index (κ3) is 6.19. The second-order valence-electron chi connectivity index (χ2n) is 10.7. The van der Waals surface area contributed by atoms with E-state index in [4.69, 9.17) is 31.0 Å². The molecule has 0 spiro atoms. The Labute approximate surface area is 241 Å². The number of carboxylic acids is 1. The Morgan fingerprint density at radius 2 is 1.93 bits per heavy atom. The molecule has 2 saturated heterocycles. The van der Waals surface area contributed by atoms with Crippen LogP contribution in [0.2, 0.25) is 5.02 Å². The van der Waals surface area contributed by atoms with E-state index >= 15 is 0 Å². The van der Waals surface area contributed by atoms with Crippen molar-refractivity contribution in [2.75, 3.05) is 19.7 Å². The number of aromatic nitrogens is 4. The maximum absolute atomic E-state index is 14.4. The van der Waals surface area contributed by atoms with Gasteiger partial charge in [0.15, 0.2) is 11.3 Å². The largest absolute Gasteiger partial charge is 0.477 e. The number of carboxylic acid groups (broad SMARTS) is 1. The summed E-state index contributed by atoms with van der Waals surface area (Å²) in [4.78, 5) is 27.7. The number of ether oxygens (including phenoxy) is 2. The molecule has 0 bridgehead atoms. The van der Waals surface area contributed by atoms with Gasteiger partial charge >= 0.3 is 5.97 Å². The monoisotopic (exact) mass is 579 g/mol. The van der Waals surface area contributed by atoms with Crippen LogP contribution in [0.3, 0.4) is 0 Å². The molecular weight excluding hydrogens is 549 g/mol. The van der Waals surface area contributed by atoms with Crippen molar-refractivity contribution in [2.24, 2.45) is 0 Å². The summed E-state index contributed by atoms with van der Waals surface area (Å²) in [6.45, 7) is 5.55. The lowest BCUT2D eigenvalue weighted by atomic mass is 10.1. The van der Waals surface area contributed by atoms with Gasteiger partial charge in [-0.15, -0.1) is 0 Å². The van der Waals surface area contributed by atoms with E-state index in [2.05, 4.69) is 9.88 Å². The zero-order chi connectivity index (χ0) is 28.5. The van der Waals surface area contributed by atoms with Crippen LogP contribution in [-0.2, 0) is 24.2 Å². The lowest BCUT2D eigenvalue weighted by Crippen LogP contribution is -2.39. The Hall–Kier alpha value is -3.60. The summed E-state index contributed by atoms with van der Waals surface area (Å²) in [7, 11) is 0. The number of likely N-dealkylation sites (tertiary alicyclic amines) is 1. The van der Waals surface area contributed by atoms with Crippen molar-refractivity contribution in [1.29, 1.82) is 0 Å². The number of nitrogens with zero attached hydrogens (tertiary/aromatic N) is 5. The van der Waals surface area contributed by atoms with E-state index in [-0.39, 0.29) is 23.7 Å². The molecule has 214 valence electrons. The van der Waals surface area contributed by atoms with Gasteiger partial charge in [0, 0.05) is 37.2 Å². The molecule has 1 atom stereocenters. The molecule has 1 unspecified atom stereocenters. The van der Waals surface area contributed by atoms with Crippen molar-refractivity contribution in [1.82, 2.24) is 24.4 Å². The summed E-state index contributed by atoms with van der Waals surface area (Å²) in [5.41, 5.74) is 3.55. The Balaban J connectivity index is 1.11. The number of aromatic carboxylic acids is 1. The zero-order valence-electron chi connectivity index (χ0n) is 22.7. The van der Waals surface area contributed by atoms with Crippen LogP contribution in [0, 0.1) is 12.7 Å². The number of benzene rings is 1.